The number of carbonyl (C=O) groups excluding carboxylic acids is 2. The van der Waals surface area contributed by atoms with Crippen LogP contribution in [0.5, 0.6) is 0 Å². The molecule has 3 amide bonds. The second-order valence-corrected chi connectivity index (χ2v) is 7.04. The summed E-state index contributed by atoms with van der Waals surface area (Å²) in [5, 5.41) is 3.27. The third-order valence-electron chi connectivity index (χ3n) is 3.80. The van der Waals surface area contributed by atoms with E-state index in [0.717, 1.165) is 14.9 Å². The Bertz CT molecular complexity index is 778. The van der Waals surface area contributed by atoms with Crippen LogP contribution in [-0.2, 0) is 11.2 Å². The monoisotopic (exact) mass is 392 g/mol. The fourth-order valence-electron chi connectivity index (χ4n) is 2.66. The van der Waals surface area contributed by atoms with Crippen molar-refractivity contribution in [1.29, 1.82) is 0 Å². The number of hydrogen-bond donors (Lipinski definition) is 1. The molecule has 1 atom stereocenters. The molecule has 0 radical (unpaired) electrons. The number of urea groups is 1. The molecule has 4 nitrogen and oxygen atoms in total. The van der Waals surface area contributed by atoms with Crippen LogP contribution in [0.1, 0.15) is 12.5 Å². The van der Waals surface area contributed by atoms with Crippen molar-refractivity contribution in [2.75, 3.05) is 4.90 Å². The first kappa shape index (κ1) is 16.0. The first-order valence-corrected chi connectivity index (χ1v) is 8.23. The Morgan fingerprint density at radius 1 is 1.17 bits per heavy atom. The number of hydrogen-bond acceptors (Lipinski definition) is 2. The third-order valence-corrected chi connectivity index (χ3v) is 4.56. The normalized spacial score (nSPS) is 20.7. The molecule has 0 saturated carbocycles. The highest BCUT2D eigenvalue weighted by Gasteiger charge is 2.48. The van der Waals surface area contributed by atoms with Crippen LogP contribution >= 0.6 is 27.5 Å². The van der Waals surface area contributed by atoms with E-state index >= 15 is 0 Å². The number of nitrogens with zero attached hydrogens (tertiary/aromatic N) is 1. The molecule has 118 valence electrons. The van der Waals surface area contributed by atoms with Crippen molar-refractivity contribution in [3.05, 3.63) is 63.6 Å². The zero-order valence-electron chi connectivity index (χ0n) is 12.3. The van der Waals surface area contributed by atoms with E-state index in [0.29, 0.717) is 17.1 Å². The smallest absolute Gasteiger partial charge is 0.323 e. The summed E-state index contributed by atoms with van der Waals surface area (Å²) in [5.41, 5.74) is 0.463. The van der Waals surface area contributed by atoms with Gasteiger partial charge in [0.15, 0.2) is 0 Å². The summed E-state index contributed by atoms with van der Waals surface area (Å²) in [5.74, 6) is -0.285. The van der Waals surface area contributed by atoms with E-state index < -0.39 is 11.6 Å². The summed E-state index contributed by atoms with van der Waals surface area (Å²) in [4.78, 5) is 26.3. The minimum Gasteiger partial charge on any atom is -0.323 e. The van der Waals surface area contributed by atoms with Gasteiger partial charge in [-0.2, -0.15) is 0 Å². The van der Waals surface area contributed by atoms with Gasteiger partial charge in [-0.1, -0.05) is 45.7 Å². The van der Waals surface area contributed by atoms with Crippen LogP contribution in [0.4, 0.5) is 10.5 Å². The maximum Gasteiger partial charge on any atom is 0.329 e. The van der Waals surface area contributed by atoms with Crippen molar-refractivity contribution in [1.82, 2.24) is 5.32 Å². The summed E-state index contributed by atoms with van der Waals surface area (Å²) in [7, 11) is 0. The molecule has 3 rings (SSSR count). The Balaban J connectivity index is 1.89. The van der Waals surface area contributed by atoms with Crippen molar-refractivity contribution in [2.45, 2.75) is 18.9 Å². The van der Waals surface area contributed by atoms with Gasteiger partial charge in [0.05, 0.1) is 5.69 Å². The van der Waals surface area contributed by atoms with Gasteiger partial charge in [-0.05, 0) is 42.8 Å². The molecule has 1 heterocycles. The topological polar surface area (TPSA) is 49.4 Å². The standard InChI is InChI=1S/C17H14BrClN2O2/c1-17(10-11-5-7-12(18)8-6-11)15(22)21(16(23)20-17)14-4-2-3-13(19)9-14/h2-9H,10H2,1H3,(H,20,23). The average molecular weight is 394 g/mol. The van der Waals surface area contributed by atoms with Crippen LogP contribution in [-0.4, -0.2) is 17.5 Å². The van der Waals surface area contributed by atoms with Gasteiger partial charge in [0.1, 0.15) is 5.54 Å². The van der Waals surface area contributed by atoms with Gasteiger partial charge < -0.3 is 5.32 Å². The Morgan fingerprint density at radius 2 is 1.87 bits per heavy atom. The molecule has 0 aromatic heterocycles. The van der Waals surface area contributed by atoms with Crippen LogP contribution in [0.15, 0.2) is 53.0 Å². The summed E-state index contributed by atoms with van der Waals surface area (Å²) in [6.45, 7) is 1.74. The van der Waals surface area contributed by atoms with Gasteiger partial charge in [0, 0.05) is 15.9 Å². The van der Waals surface area contributed by atoms with Crippen molar-refractivity contribution in [2.24, 2.45) is 0 Å². The number of amides is 3. The molecular weight excluding hydrogens is 380 g/mol. The molecule has 1 aliphatic rings. The molecule has 1 saturated heterocycles. The van der Waals surface area contributed by atoms with E-state index in [1.165, 1.54) is 0 Å². The van der Waals surface area contributed by atoms with Gasteiger partial charge >= 0.3 is 6.03 Å². The fraction of sp³-hybridized carbons (Fsp3) is 0.176. The van der Waals surface area contributed by atoms with E-state index in [4.69, 9.17) is 11.6 Å². The van der Waals surface area contributed by atoms with Crippen LogP contribution < -0.4 is 10.2 Å². The van der Waals surface area contributed by atoms with Crippen LogP contribution in [0.25, 0.3) is 0 Å². The van der Waals surface area contributed by atoms with E-state index in [2.05, 4.69) is 21.2 Å². The average Bonchev–Trinajstić information content (AvgIpc) is 2.71. The van der Waals surface area contributed by atoms with Crippen LogP contribution in [0.3, 0.4) is 0 Å². The zero-order chi connectivity index (χ0) is 16.6. The molecule has 0 spiro atoms. The minimum absolute atomic E-state index is 0.285. The predicted molar refractivity (Wildman–Crippen MR) is 93.7 cm³/mol. The predicted octanol–water partition coefficient (Wildman–Crippen LogP) is 4.16. The Morgan fingerprint density at radius 3 is 2.52 bits per heavy atom. The summed E-state index contributed by atoms with van der Waals surface area (Å²) < 4.78 is 0.966. The quantitative estimate of drug-likeness (QED) is 0.796. The number of nitrogens with one attached hydrogen (secondary N) is 1. The minimum atomic E-state index is -0.979. The molecule has 2 aromatic carbocycles. The molecule has 0 bridgehead atoms. The second-order valence-electron chi connectivity index (χ2n) is 5.69. The molecule has 1 aliphatic heterocycles. The van der Waals surface area contributed by atoms with Gasteiger partial charge in [0.25, 0.3) is 5.91 Å². The zero-order valence-corrected chi connectivity index (χ0v) is 14.7. The van der Waals surface area contributed by atoms with E-state index in [9.17, 15) is 9.59 Å². The molecule has 2 aromatic rings. The van der Waals surface area contributed by atoms with Gasteiger partial charge in [0.2, 0.25) is 0 Å². The number of halogens is 2. The first-order chi connectivity index (χ1) is 10.9. The molecule has 1 N–H and O–H groups in total. The highest BCUT2D eigenvalue weighted by atomic mass is 79.9. The number of rotatable bonds is 3. The summed E-state index contributed by atoms with van der Waals surface area (Å²) >= 11 is 9.34. The summed E-state index contributed by atoms with van der Waals surface area (Å²) in [6, 6.07) is 13.9. The van der Waals surface area contributed by atoms with E-state index in [-0.39, 0.29) is 5.91 Å². The maximum atomic E-state index is 12.8. The molecule has 0 aliphatic carbocycles. The molecule has 1 unspecified atom stereocenters. The van der Waals surface area contributed by atoms with Gasteiger partial charge in [-0.25, -0.2) is 9.69 Å². The molecule has 1 fully saturated rings. The van der Waals surface area contributed by atoms with Crippen molar-refractivity contribution >= 4 is 45.2 Å². The Hall–Kier alpha value is -1.85. The van der Waals surface area contributed by atoms with Crippen molar-refractivity contribution in [3.8, 4) is 0 Å². The number of imide groups is 1. The highest BCUT2D eigenvalue weighted by Crippen LogP contribution is 2.29. The van der Waals surface area contributed by atoms with Crippen LogP contribution in [0.2, 0.25) is 5.02 Å². The van der Waals surface area contributed by atoms with E-state index in [1.807, 2.05) is 24.3 Å². The molecular formula is C17H14BrClN2O2. The van der Waals surface area contributed by atoms with Crippen molar-refractivity contribution in [3.63, 3.8) is 0 Å². The number of anilines is 1. The maximum absolute atomic E-state index is 12.8. The van der Waals surface area contributed by atoms with Gasteiger partial charge in [-0.15, -0.1) is 0 Å². The Kier molecular flexibility index (Phi) is 4.17. The van der Waals surface area contributed by atoms with Crippen LogP contribution in [0, 0.1) is 0 Å². The SMILES string of the molecule is CC1(Cc2ccc(Br)cc2)NC(=O)N(c2cccc(Cl)c2)C1=O. The largest absolute Gasteiger partial charge is 0.329 e. The number of carbonyl (C=O) groups is 2. The first-order valence-electron chi connectivity index (χ1n) is 7.06. The highest BCUT2D eigenvalue weighted by molar-refractivity contribution is 9.10. The fourth-order valence-corrected chi connectivity index (χ4v) is 3.11. The molecule has 6 heteroatoms. The lowest BCUT2D eigenvalue weighted by molar-refractivity contribution is -0.121. The molecule has 23 heavy (non-hydrogen) atoms. The lowest BCUT2D eigenvalue weighted by Crippen LogP contribution is -2.46. The lowest BCUT2D eigenvalue weighted by Gasteiger charge is -2.22. The summed E-state index contributed by atoms with van der Waals surface area (Å²) in [6.07, 6.45) is 0.419. The van der Waals surface area contributed by atoms with Crippen molar-refractivity contribution < 1.29 is 9.59 Å². The second kappa shape index (κ2) is 5.98. The van der Waals surface area contributed by atoms with E-state index in [1.54, 1.807) is 31.2 Å². The lowest BCUT2D eigenvalue weighted by atomic mass is 9.93. The Labute approximate surface area is 147 Å². The van der Waals surface area contributed by atoms with Gasteiger partial charge in [-0.3, -0.25) is 4.79 Å². The number of benzene rings is 2. The third kappa shape index (κ3) is 3.12.